The molecule has 0 aromatic carbocycles. The highest BCUT2D eigenvalue weighted by Gasteiger charge is 2.25. The number of carbonyl (C=O) groups is 2. The maximum absolute atomic E-state index is 12.0. The van der Waals surface area contributed by atoms with Crippen molar-refractivity contribution < 1.29 is 14.3 Å². The number of aromatic amines is 1. The van der Waals surface area contributed by atoms with E-state index in [-0.39, 0.29) is 11.8 Å². The van der Waals surface area contributed by atoms with Crippen LogP contribution in [0.3, 0.4) is 0 Å². The number of nitrogens with one attached hydrogen (secondary N) is 2. The molecule has 9 nitrogen and oxygen atoms in total. The van der Waals surface area contributed by atoms with Gasteiger partial charge in [0, 0.05) is 26.1 Å². The smallest absolute Gasteiger partial charge is 0.308 e. The Kier molecular flexibility index (Phi) is 4.41. The first-order valence-electron chi connectivity index (χ1n) is 7.62. The molecule has 0 saturated carbocycles. The van der Waals surface area contributed by atoms with Gasteiger partial charge in [0.15, 0.2) is 17.2 Å². The van der Waals surface area contributed by atoms with Crippen LogP contribution in [0.4, 0.5) is 5.82 Å². The Morgan fingerprint density at radius 1 is 1.42 bits per heavy atom. The molecule has 9 heteroatoms. The van der Waals surface area contributed by atoms with E-state index in [1.807, 2.05) is 0 Å². The quantitative estimate of drug-likeness (QED) is 0.477. The number of hydrogen-bond donors (Lipinski definition) is 2. The summed E-state index contributed by atoms with van der Waals surface area (Å²) >= 11 is 0. The molecule has 2 aromatic rings. The molecule has 1 saturated heterocycles. The van der Waals surface area contributed by atoms with Crippen LogP contribution in [0.25, 0.3) is 11.2 Å². The standard InChI is InChI=1S/C15H18N6O3/c1-9(24-10(2)22)15(23)20-11-4-3-5-21(6-11)14-12-13(17-7-16-12)18-8-19-14/h7-8,11H,1,3-6H2,2H3,(H,20,23)(H,16,17,18,19)/t11-/m1/s1. The maximum Gasteiger partial charge on any atom is 0.308 e. The van der Waals surface area contributed by atoms with Crippen LogP contribution in [0.5, 0.6) is 0 Å². The molecule has 0 radical (unpaired) electrons. The van der Waals surface area contributed by atoms with Crippen LogP contribution in [0.2, 0.25) is 0 Å². The van der Waals surface area contributed by atoms with Crippen LogP contribution < -0.4 is 10.2 Å². The zero-order valence-electron chi connectivity index (χ0n) is 13.3. The minimum Gasteiger partial charge on any atom is -0.421 e. The normalized spacial score (nSPS) is 17.5. The molecule has 0 aliphatic carbocycles. The van der Waals surface area contributed by atoms with Crippen molar-refractivity contribution in [3.63, 3.8) is 0 Å². The first kappa shape index (κ1) is 15.9. The van der Waals surface area contributed by atoms with Crippen molar-refractivity contribution in [2.24, 2.45) is 0 Å². The Morgan fingerprint density at radius 2 is 2.25 bits per heavy atom. The third-order valence-corrected chi connectivity index (χ3v) is 3.78. The van der Waals surface area contributed by atoms with E-state index in [4.69, 9.17) is 4.74 Å². The average Bonchev–Trinajstić information content (AvgIpc) is 3.03. The third-order valence-electron chi connectivity index (χ3n) is 3.78. The number of hydrogen-bond acceptors (Lipinski definition) is 7. The van der Waals surface area contributed by atoms with E-state index in [9.17, 15) is 9.59 Å². The number of imidazole rings is 1. The number of fused-ring (bicyclic) bond motifs is 1. The molecule has 24 heavy (non-hydrogen) atoms. The van der Waals surface area contributed by atoms with Crippen molar-refractivity contribution in [1.29, 1.82) is 0 Å². The maximum atomic E-state index is 12.0. The van der Waals surface area contributed by atoms with E-state index in [1.165, 1.54) is 13.3 Å². The van der Waals surface area contributed by atoms with Crippen molar-refractivity contribution in [1.82, 2.24) is 25.3 Å². The van der Waals surface area contributed by atoms with E-state index in [0.29, 0.717) is 12.2 Å². The second-order valence-corrected chi connectivity index (χ2v) is 5.57. The number of carbonyl (C=O) groups excluding carboxylic acids is 2. The zero-order chi connectivity index (χ0) is 17.1. The van der Waals surface area contributed by atoms with E-state index in [1.54, 1.807) is 6.33 Å². The Hall–Kier alpha value is -2.97. The van der Waals surface area contributed by atoms with Gasteiger partial charge in [-0.05, 0) is 12.8 Å². The van der Waals surface area contributed by atoms with Crippen molar-refractivity contribution in [2.45, 2.75) is 25.8 Å². The van der Waals surface area contributed by atoms with Gasteiger partial charge in [-0.1, -0.05) is 6.58 Å². The van der Waals surface area contributed by atoms with Gasteiger partial charge in [0.2, 0.25) is 0 Å². The average molecular weight is 330 g/mol. The first-order chi connectivity index (χ1) is 11.5. The lowest BCUT2D eigenvalue weighted by molar-refractivity contribution is -0.140. The van der Waals surface area contributed by atoms with Crippen LogP contribution in [0, 0.1) is 0 Å². The predicted molar refractivity (Wildman–Crippen MR) is 86.0 cm³/mol. The number of piperidine rings is 1. The van der Waals surface area contributed by atoms with Gasteiger partial charge < -0.3 is 19.9 Å². The van der Waals surface area contributed by atoms with E-state index >= 15 is 0 Å². The molecule has 1 fully saturated rings. The molecular weight excluding hydrogens is 312 g/mol. The predicted octanol–water partition coefficient (Wildman–Crippen LogP) is 0.515. The molecule has 1 atom stereocenters. The molecule has 2 aromatic heterocycles. The topological polar surface area (TPSA) is 113 Å². The molecule has 0 bridgehead atoms. The Balaban J connectivity index is 1.68. The molecule has 0 spiro atoms. The highest BCUT2D eigenvalue weighted by Crippen LogP contribution is 2.23. The number of aromatic nitrogens is 4. The summed E-state index contributed by atoms with van der Waals surface area (Å²) in [5.41, 5.74) is 1.38. The van der Waals surface area contributed by atoms with Gasteiger partial charge in [0.1, 0.15) is 11.8 Å². The van der Waals surface area contributed by atoms with Crippen molar-refractivity contribution >= 4 is 28.9 Å². The summed E-state index contributed by atoms with van der Waals surface area (Å²) in [5.74, 6) is -0.484. The molecule has 126 valence electrons. The van der Waals surface area contributed by atoms with Gasteiger partial charge in [0.25, 0.3) is 5.91 Å². The highest BCUT2D eigenvalue weighted by atomic mass is 16.5. The summed E-state index contributed by atoms with van der Waals surface area (Å²) in [6.45, 7) is 6.11. The lowest BCUT2D eigenvalue weighted by atomic mass is 10.1. The number of anilines is 1. The summed E-state index contributed by atoms with van der Waals surface area (Å²) in [6, 6.07) is -0.0912. The van der Waals surface area contributed by atoms with Crippen LogP contribution in [-0.2, 0) is 14.3 Å². The summed E-state index contributed by atoms with van der Waals surface area (Å²) < 4.78 is 4.72. The van der Waals surface area contributed by atoms with Crippen molar-refractivity contribution in [3.8, 4) is 0 Å². The number of rotatable bonds is 4. The molecule has 1 aliphatic rings. The largest absolute Gasteiger partial charge is 0.421 e. The molecular formula is C15H18N6O3. The molecule has 2 N–H and O–H groups in total. The van der Waals surface area contributed by atoms with E-state index in [2.05, 4.69) is 36.7 Å². The summed E-state index contributed by atoms with van der Waals surface area (Å²) in [7, 11) is 0. The SMILES string of the molecule is C=C(OC(C)=O)C(=O)N[C@@H]1CCCN(c2ncnc3nc[nH]c23)C1. The summed E-state index contributed by atoms with van der Waals surface area (Å²) in [6.07, 6.45) is 4.77. The fraction of sp³-hybridized carbons (Fsp3) is 0.400. The lowest BCUT2D eigenvalue weighted by Crippen LogP contribution is -2.48. The monoisotopic (exact) mass is 330 g/mol. The number of ether oxygens (including phenoxy) is 1. The minimum absolute atomic E-state index is 0.0912. The van der Waals surface area contributed by atoms with Gasteiger partial charge >= 0.3 is 5.97 Å². The van der Waals surface area contributed by atoms with Gasteiger partial charge in [0.05, 0.1) is 6.33 Å². The molecule has 1 amide bonds. The minimum atomic E-state index is -0.567. The zero-order valence-corrected chi connectivity index (χ0v) is 13.3. The Labute approximate surface area is 138 Å². The van der Waals surface area contributed by atoms with Crippen LogP contribution in [0.1, 0.15) is 19.8 Å². The van der Waals surface area contributed by atoms with Crippen LogP contribution in [0.15, 0.2) is 25.0 Å². The number of esters is 1. The van der Waals surface area contributed by atoms with Gasteiger partial charge in [-0.15, -0.1) is 0 Å². The Morgan fingerprint density at radius 3 is 3.04 bits per heavy atom. The molecule has 3 heterocycles. The van der Waals surface area contributed by atoms with Crippen LogP contribution in [-0.4, -0.2) is 50.9 Å². The Bertz CT molecular complexity index is 786. The van der Waals surface area contributed by atoms with Crippen molar-refractivity contribution in [3.05, 3.63) is 25.0 Å². The number of amides is 1. The number of H-pyrrole nitrogens is 1. The van der Waals surface area contributed by atoms with Gasteiger partial charge in [-0.2, -0.15) is 0 Å². The first-order valence-corrected chi connectivity index (χ1v) is 7.62. The fourth-order valence-corrected chi connectivity index (χ4v) is 2.77. The number of nitrogens with zero attached hydrogens (tertiary/aromatic N) is 4. The second kappa shape index (κ2) is 6.65. The highest BCUT2D eigenvalue weighted by molar-refractivity contribution is 5.93. The molecule has 3 rings (SSSR count). The second-order valence-electron chi connectivity index (χ2n) is 5.57. The molecule has 1 aliphatic heterocycles. The lowest BCUT2D eigenvalue weighted by Gasteiger charge is -2.34. The van der Waals surface area contributed by atoms with Gasteiger partial charge in [-0.25, -0.2) is 15.0 Å². The van der Waals surface area contributed by atoms with Crippen molar-refractivity contribution in [2.75, 3.05) is 18.0 Å². The summed E-state index contributed by atoms with van der Waals surface area (Å²) in [5, 5.41) is 2.84. The van der Waals surface area contributed by atoms with E-state index < -0.39 is 11.9 Å². The van der Waals surface area contributed by atoms with Crippen LogP contribution >= 0.6 is 0 Å². The fourth-order valence-electron chi connectivity index (χ4n) is 2.77. The van der Waals surface area contributed by atoms with Gasteiger partial charge in [-0.3, -0.25) is 9.59 Å². The molecule has 0 unspecified atom stereocenters. The summed E-state index contributed by atoms with van der Waals surface area (Å²) in [4.78, 5) is 40.6. The third kappa shape index (κ3) is 3.34. The van der Waals surface area contributed by atoms with E-state index in [0.717, 1.165) is 30.7 Å².